The number of rotatable bonds is 7. The van der Waals surface area contributed by atoms with Gasteiger partial charge in [-0.05, 0) is 77.6 Å². The molecule has 1 aliphatic rings. The highest BCUT2D eigenvalue weighted by Crippen LogP contribution is 2.45. The molecule has 8 heteroatoms. The molecule has 0 saturated heterocycles. The summed E-state index contributed by atoms with van der Waals surface area (Å²) < 4.78 is 11.4. The van der Waals surface area contributed by atoms with Gasteiger partial charge in [-0.15, -0.1) is 11.3 Å². The first kappa shape index (κ1) is 25.4. The molecule has 7 nitrogen and oxygen atoms in total. The smallest absolute Gasteiger partial charge is 0.269 e. The number of nitro benzene ring substituents is 1. The maximum atomic E-state index is 10.8. The van der Waals surface area contributed by atoms with E-state index in [0.29, 0.717) is 23.0 Å². The molecule has 0 fully saturated rings. The second-order valence-corrected chi connectivity index (χ2v) is 11.1. The fraction of sp³-hybridized carbons (Fsp3) is 0.357. The van der Waals surface area contributed by atoms with Crippen LogP contribution >= 0.6 is 11.3 Å². The van der Waals surface area contributed by atoms with Crippen LogP contribution in [0.25, 0.3) is 0 Å². The van der Waals surface area contributed by atoms with E-state index in [2.05, 4.69) is 31.8 Å². The van der Waals surface area contributed by atoms with Crippen LogP contribution in [0.5, 0.6) is 11.5 Å². The minimum atomic E-state index is -0.429. The third-order valence-electron chi connectivity index (χ3n) is 6.64. The standard InChI is InChI=1S/C28H29N3O4S/c1-28(2,3)20-8-11-22-23(15-29)27(36-26(22)14-20)30-16-19-7-12-24(25(13-19)34-4)35-17-18-5-9-21(10-6-18)31(32)33/h5-7,9-10,12-13,16,20H,8,11,14,17H2,1-4H3/t20-/m0/s1. The molecule has 0 aliphatic heterocycles. The second kappa shape index (κ2) is 10.5. The number of thiophene rings is 1. The molecule has 1 atom stereocenters. The summed E-state index contributed by atoms with van der Waals surface area (Å²) in [6.45, 7) is 7.11. The number of methoxy groups -OCH3 is 1. The lowest BCUT2D eigenvalue weighted by Gasteiger charge is -2.33. The molecular weight excluding hydrogens is 474 g/mol. The van der Waals surface area contributed by atoms with Crippen molar-refractivity contribution < 1.29 is 14.4 Å². The predicted octanol–water partition coefficient (Wildman–Crippen LogP) is 7.02. The normalized spacial score (nSPS) is 15.4. The zero-order valence-electron chi connectivity index (χ0n) is 20.9. The fourth-order valence-corrected chi connectivity index (χ4v) is 5.63. The first-order valence-electron chi connectivity index (χ1n) is 11.8. The molecule has 0 unspecified atom stereocenters. The van der Waals surface area contributed by atoms with Crippen LogP contribution < -0.4 is 9.47 Å². The van der Waals surface area contributed by atoms with Crippen LogP contribution in [0.15, 0.2) is 47.5 Å². The maximum absolute atomic E-state index is 10.8. The van der Waals surface area contributed by atoms with Gasteiger partial charge >= 0.3 is 0 Å². The average Bonchev–Trinajstić information content (AvgIpc) is 3.22. The van der Waals surface area contributed by atoms with E-state index in [0.717, 1.165) is 35.4 Å². The molecule has 0 N–H and O–H groups in total. The maximum Gasteiger partial charge on any atom is 0.269 e. The summed E-state index contributed by atoms with van der Waals surface area (Å²) in [5, 5.41) is 21.4. The summed E-state index contributed by atoms with van der Waals surface area (Å²) in [5.74, 6) is 1.72. The highest BCUT2D eigenvalue weighted by atomic mass is 32.1. The number of non-ortho nitro benzene ring substituents is 1. The van der Waals surface area contributed by atoms with Gasteiger partial charge in [-0.25, -0.2) is 4.99 Å². The molecule has 1 aliphatic carbocycles. The molecule has 0 saturated carbocycles. The number of fused-ring (bicyclic) bond motifs is 1. The number of nitro groups is 1. The Morgan fingerprint density at radius 3 is 2.61 bits per heavy atom. The van der Waals surface area contributed by atoms with Gasteiger partial charge in [0.25, 0.3) is 5.69 Å². The number of benzene rings is 2. The second-order valence-electron chi connectivity index (χ2n) is 9.98. The highest BCUT2D eigenvalue weighted by molar-refractivity contribution is 7.16. The Kier molecular flexibility index (Phi) is 7.41. The molecule has 4 rings (SSSR count). The van der Waals surface area contributed by atoms with Crippen molar-refractivity contribution in [3.63, 3.8) is 0 Å². The van der Waals surface area contributed by atoms with Crippen molar-refractivity contribution in [2.45, 2.75) is 46.6 Å². The van der Waals surface area contributed by atoms with Crippen LogP contribution in [0.4, 0.5) is 10.7 Å². The van der Waals surface area contributed by atoms with Gasteiger partial charge in [-0.3, -0.25) is 10.1 Å². The van der Waals surface area contributed by atoms with Crippen LogP contribution in [0, 0.1) is 32.8 Å². The third-order valence-corrected chi connectivity index (χ3v) is 7.81. The van der Waals surface area contributed by atoms with Gasteiger partial charge in [-0.1, -0.05) is 20.8 Å². The summed E-state index contributed by atoms with van der Waals surface area (Å²) in [6, 6.07) is 14.2. The van der Waals surface area contributed by atoms with Crippen molar-refractivity contribution in [2.75, 3.05) is 7.11 Å². The van der Waals surface area contributed by atoms with E-state index in [-0.39, 0.29) is 17.7 Å². The van der Waals surface area contributed by atoms with E-state index in [1.807, 2.05) is 18.2 Å². The number of aliphatic imine (C=N–C) groups is 1. The predicted molar refractivity (Wildman–Crippen MR) is 142 cm³/mol. The topological polar surface area (TPSA) is 97.8 Å². The lowest BCUT2D eigenvalue weighted by molar-refractivity contribution is -0.384. The Morgan fingerprint density at radius 2 is 1.97 bits per heavy atom. The molecule has 3 aromatic rings. The minimum absolute atomic E-state index is 0.0418. The molecular formula is C28H29N3O4S. The molecule has 0 spiro atoms. The first-order valence-corrected chi connectivity index (χ1v) is 12.6. The van der Waals surface area contributed by atoms with E-state index in [4.69, 9.17) is 9.47 Å². The number of nitrogens with zero attached hydrogens (tertiary/aromatic N) is 3. The Bertz CT molecular complexity index is 1330. The van der Waals surface area contributed by atoms with Crippen molar-refractivity contribution in [2.24, 2.45) is 16.3 Å². The monoisotopic (exact) mass is 503 g/mol. The fourth-order valence-electron chi connectivity index (χ4n) is 4.41. The molecule has 1 heterocycles. The number of ether oxygens (including phenoxy) is 2. The Hall–Kier alpha value is -3.70. The Morgan fingerprint density at radius 1 is 1.22 bits per heavy atom. The lowest BCUT2D eigenvalue weighted by Crippen LogP contribution is -2.26. The van der Waals surface area contributed by atoms with Crippen LogP contribution in [-0.4, -0.2) is 18.2 Å². The minimum Gasteiger partial charge on any atom is -0.493 e. The van der Waals surface area contributed by atoms with Crippen LogP contribution in [0.1, 0.15) is 54.3 Å². The van der Waals surface area contributed by atoms with Gasteiger partial charge < -0.3 is 9.47 Å². The van der Waals surface area contributed by atoms with Gasteiger partial charge in [0.05, 0.1) is 17.6 Å². The van der Waals surface area contributed by atoms with Gasteiger partial charge in [0, 0.05) is 23.2 Å². The SMILES string of the molecule is COc1cc(C=Nc2sc3c(c2C#N)CC[C@H](C(C)(C)C)C3)ccc1OCc1ccc([N+](=O)[O-])cc1. The van der Waals surface area contributed by atoms with Crippen LogP contribution in [0.3, 0.4) is 0 Å². The largest absolute Gasteiger partial charge is 0.493 e. The summed E-state index contributed by atoms with van der Waals surface area (Å²) in [4.78, 5) is 16.4. The van der Waals surface area contributed by atoms with Crippen LogP contribution in [0.2, 0.25) is 0 Å². The zero-order valence-corrected chi connectivity index (χ0v) is 21.7. The molecule has 0 bridgehead atoms. The van der Waals surface area contributed by atoms with E-state index >= 15 is 0 Å². The summed E-state index contributed by atoms with van der Waals surface area (Å²) in [6.07, 6.45) is 4.79. The molecule has 2 aromatic carbocycles. The van der Waals surface area contributed by atoms with Gasteiger partial charge in [0.1, 0.15) is 17.7 Å². The van der Waals surface area contributed by atoms with Gasteiger partial charge in [0.15, 0.2) is 11.5 Å². The van der Waals surface area contributed by atoms with E-state index < -0.39 is 4.92 Å². The van der Waals surface area contributed by atoms with Crippen molar-refractivity contribution >= 4 is 28.2 Å². The van der Waals surface area contributed by atoms with Crippen molar-refractivity contribution in [3.8, 4) is 17.6 Å². The Balaban J connectivity index is 1.49. The number of hydrogen-bond acceptors (Lipinski definition) is 7. The van der Waals surface area contributed by atoms with Crippen LogP contribution in [-0.2, 0) is 19.4 Å². The van der Waals surface area contributed by atoms with Gasteiger partial charge in [-0.2, -0.15) is 5.26 Å². The van der Waals surface area contributed by atoms with Crippen molar-refractivity contribution in [3.05, 3.63) is 79.7 Å². The summed E-state index contributed by atoms with van der Waals surface area (Å²) in [5.41, 5.74) is 3.80. The third kappa shape index (κ3) is 5.58. The van der Waals surface area contributed by atoms with Crippen molar-refractivity contribution in [1.29, 1.82) is 5.26 Å². The van der Waals surface area contributed by atoms with E-state index in [1.54, 1.807) is 36.8 Å². The molecule has 186 valence electrons. The number of nitriles is 1. The zero-order chi connectivity index (χ0) is 25.9. The molecule has 0 amide bonds. The summed E-state index contributed by atoms with van der Waals surface area (Å²) >= 11 is 1.63. The number of hydrogen-bond donors (Lipinski definition) is 0. The first-order chi connectivity index (χ1) is 17.2. The van der Waals surface area contributed by atoms with E-state index in [1.165, 1.54) is 22.6 Å². The Labute approximate surface area is 215 Å². The average molecular weight is 504 g/mol. The quantitative estimate of drug-likeness (QED) is 0.196. The summed E-state index contributed by atoms with van der Waals surface area (Å²) in [7, 11) is 1.57. The molecule has 1 aromatic heterocycles. The highest BCUT2D eigenvalue weighted by Gasteiger charge is 2.32. The molecule has 36 heavy (non-hydrogen) atoms. The van der Waals surface area contributed by atoms with E-state index in [9.17, 15) is 15.4 Å². The molecule has 0 radical (unpaired) electrons. The van der Waals surface area contributed by atoms with Gasteiger partial charge in [0.2, 0.25) is 0 Å². The lowest BCUT2D eigenvalue weighted by atomic mass is 9.72. The van der Waals surface area contributed by atoms with Crippen molar-refractivity contribution in [1.82, 2.24) is 0 Å².